The van der Waals surface area contributed by atoms with Crippen LogP contribution in [0.2, 0.25) is 5.02 Å². The van der Waals surface area contributed by atoms with Gasteiger partial charge in [0.1, 0.15) is 0 Å². The largest absolute Gasteiger partial charge is 0.239 e. The van der Waals surface area contributed by atoms with E-state index in [2.05, 4.69) is 6.20 Å². The standard InChI is InChI=1S/C11H6ClN2S/c12-9-4-1-2-5-10(9)15-11-6-3-7-14(11)8-13/h1-6H. The van der Waals surface area contributed by atoms with Gasteiger partial charge in [-0.1, -0.05) is 35.5 Å². The fraction of sp³-hybridized carbons (Fsp3) is 0. The summed E-state index contributed by atoms with van der Waals surface area (Å²) >= 11 is 7.46. The third kappa shape index (κ3) is 2.17. The van der Waals surface area contributed by atoms with Crippen molar-refractivity contribution in [1.29, 1.82) is 5.26 Å². The summed E-state index contributed by atoms with van der Waals surface area (Å²) in [5.41, 5.74) is 0. The Kier molecular flexibility index (Phi) is 3.00. The van der Waals surface area contributed by atoms with Gasteiger partial charge in [-0.3, -0.25) is 0 Å². The first kappa shape index (κ1) is 10.2. The summed E-state index contributed by atoms with van der Waals surface area (Å²) in [6.45, 7) is 0. The predicted octanol–water partition coefficient (Wildman–Crippen LogP) is 3.42. The van der Waals surface area contributed by atoms with E-state index in [1.807, 2.05) is 36.5 Å². The molecule has 0 unspecified atom stereocenters. The first-order valence-corrected chi connectivity index (χ1v) is 5.42. The van der Waals surface area contributed by atoms with E-state index >= 15 is 0 Å². The summed E-state index contributed by atoms with van der Waals surface area (Å²) in [6.07, 6.45) is 4.80. The number of hydrogen-bond donors (Lipinski definition) is 0. The molecule has 0 amide bonds. The molecule has 1 aromatic heterocycles. The van der Waals surface area contributed by atoms with Crippen molar-refractivity contribution in [3.8, 4) is 6.19 Å². The Labute approximate surface area is 97.1 Å². The molecular weight excluding hydrogens is 228 g/mol. The second kappa shape index (κ2) is 4.43. The van der Waals surface area contributed by atoms with E-state index in [1.165, 1.54) is 16.3 Å². The Morgan fingerprint density at radius 1 is 1.33 bits per heavy atom. The van der Waals surface area contributed by atoms with Crippen molar-refractivity contribution >= 4 is 23.4 Å². The number of aromatic nitrogens is 1. The first-order chi connectivity index (χ1) is 7.31. The highest BCUT2D eigenvalue weighted by molar-refractivity contribution is 7.99. The highest BCUT2D eigenvalue weighted by atomic mass is 35.5. The quantitative estimate of drug-likeness (QED) is 0.795. The number of halogens is 1. The molecule has 2 nitrogen and oxygen atoms in total. The van der Waals surface area contributed by atoms with Gasteiger partial charge in [0.2, 0.25) is 0 Å². The monoisotopic (exact) mass is 233 g/mol. The summed E-state index contributed by atoms with van der Waals surface area (Å²) in [7, 11) is 0. The van der Waals surface area contributed by atoms with Crippen LogP contribution in [0.4, 0.5) is 0 Å². The SMILES string of the molecule is N#Cn1[c]ccc1Sc1ccccc1Cl. The highest BCUT2D eigenvalue weighted by Gasteiger charge is 2.05. The molecule has 1 aromatic carbocycles. The van der Waals surface area contributed by atoms with Crippen molar-refractivity contribution in [2.24, 2.45) is 0 Å². The Morgan fingerprint density at radius 3 is 2.87 bits per heavy atom. The van der Waals surface area contributed by atoms with Gasteiger partial charge in [0.25, 0.3) is 0 Å². The zero-order valence-corrected chi connectivity index (χ0v) is 9.22. The summed E-state index contributed by atoms with van der Waals surface area (Å²) in [6, 6.07) is 11.1. The number of hydrogen-bond acceptors (Lipinski definition) is 2. The van der Waals surface area contributed by atoms with Crippen LogP contribution in [0.25, 0.3) is 0 Å². The maximum Gasteiger partial charge on any atom is 0.189 e. The van der Waals surface area contributed by atoms with Crippen molar-refractivity contribution in [2.75, 3.05) is 0 Å². The van der Waals surface area contributed by atoms with Gasteiger partial charge < -0.3 is 0 Å². The van der Waals surface area contributed by atoms with E-state index < -0.39 is 0 Å². The maximum absolute atomic E-state index is 8.79. The minimum atomic E-state index is 0.688. The molecule has 0 aliphatic rings. The molecule has 2 rings (SSSR count). The Hall–Kier alpha value is -1.37. The predicted molar refractivity (Wildman–Crippen MR) is 59.9 cm³/mol. The van der Waals surface area contributed by atoms with Crippen molar-refractivity contribution in [1.82, 2.24) is 4.57 Å². The summed E-state index contributed by atoms with van der Waals surface area (Å²) in [5, 5.41) is 10.3. The van der Waals surface area contributed by atoms with Crippen molar-refractivity contribution in [2.45, 2.75) is 9.92 Å². The fourth-order valence-corrected chi connectivity index (χ4v) is 2.23. The molecule has 4 heteroatoms. The molecule has 73 valence electrons. The highest BCUT2D eigenvalue weighted by Crippen LogP contribution is 2.32. The summed E-state index contributed by atoms with van der Waals surface area (Å²) in [4.78, 5) is 0.933. The third-order valence-electron chi connectivity index (χ3n) is 1.80. The van der Waals surface area contributed by atoms with Crippen molar-refractivity contribution in [3.05, 3.63) is 47.6 Å². The summed E-state index contributed by atoms with van der Waals surface area (Å²) in [5.74, 6) is 0. The third-order valence-corrected chi connectivity index (χ3v) is 3.35. The molecule has 2 aromatic rings. The average Bonchev–Trinajstić information content (AvgIpc) is 2.69. The molecule has 0 aliphatic carbocycles. The normalized spacial score (nSPS) is 9.87. The van der Waals surface area contributed by atoms with Crippen LogP contribution >= 0.6 is 23.4 Å². The first-order valence-electron chi connectivity index (χ1n) is 4.23. The van der Waals surface area contributed by atoms with Crippen LogP contribution in [0.5, 0.6) is 0 Å². The lowest BCUT2D eigenvalue weighted by atomic mass is 10.4. The van der Waals surface area contributed by atoms with Gasteiger partial charge in [-0.25, -0.2) is 4.57 Å². The van der Waals surface area contributed by atoms with Crippen LogP contribution in [-0.2, 0) is 0 Å². The smallest absolute Gasteiger partial charge is 0.189 e. The Bertz CT molecular complexity index is 513. The van der Waals surface area contributed by atoms with E-state index in [0.717, 1.165) is 9.92 Å². The zero-order chi connectivity index (χ0) is 10.7. The molecule has 0 bridgehead atoms. The van der Waals surface area contributed by atoms with E-state index in [0.29, 0.717) is 5.02 Å². The lowest BCUT2D eigenvalue weighted by Gasteiger charge is -2.02. The average molecular weight is 234 g/mol. The van der Waals surface area contributed by atoms with Crippen LogP contribution in [0.3, 0.4) is 0 Å². The van der Waals surface area contributed by atoms with Gasteiger partial charge in [-0.2, -0.15) is 5.26 Å². The number of benzene rings is 1. The minimum Gasteiger partial charge on any atom is -0.239 e. The van der Waals surface area contributed by atoms with Crippen LogP contribution < -0.4 is 0 Å². The van der Waals surface area contributed by atoms with E-state index in [-0.39, 0.29) is 0 Å². The van der Waals surface area contributed by atoms with Gasteiger partial charge in [-0.15, -0.1) is 0 Å². The molecule has 0 saturated carbocycles. The molecule has 0 N–H and O–H groups in total. The molecule has 1 radical (unpaired) electrons. The fourth-order valence-electron chi connectivity index (χ4n) is 1.12. The Balaban J connectivity index is 2.31. The zero-order valence-electron chi connectivity index (χ0n) is 7.64. The number of rotatable bonds is 2. The molecule has 0 fully saturated rings. The maximum atomic E-state index is 8.79. The van der Waals surface area contributed by atoms with Crippen LogP contribution in [-0.4, -0.2) is 4.57 Å². The second-order valence-corrected chi connectivity index (χ2v) is 4.24. The van der Waals surface area contributed by atoms with Crippen LogP contribution in [0.1, 0.15) is 0 Å². The molecule has 0 atom stereocenters. The summed E-state index contributed by atoms with van der Waals surface area (Å²) < 4.78 is 1.38. The molecule has 0 aliphatic heterocycles. The Morgan fingerprint density at radius 2 is 2.13 bits per heavy atom. The van der Waals surface area contributed by atoms with E-state index in [1.54, 1.807) is 6.07 Å². The van der Waals surface area contributed by atoms with E-state index in [9.17, 15) is 0 Å². The van der Waals surface area contributed by atoms with Gasteiger partial charge in [-0.05, 0) is 24.3 Å². The topological polar surface area (TPSA) is 28.7 Å². The van der Waals surface area contributed by atoms with E-state index in [4.69, 9.17) is 16.9 Å². The lowest BCUT2D eigenvalue weighted by Crippen LogP contribution is -1.87. The number of nitriles is 1. The lowest BCUT2D eigenvalue weighted by molar-refractivity contribution is 0.967. The number of nitrogens with zero attached hydrogens (tertiary/aromatic N) is 2. The molecular formula is C11H6ClN2S. The van der Waals surface area contributed by atoms with Crippen LogP contribution in [0, 0.1) is 17.7 Å². The molecule has 0 saturated heterocycles. The molecule has 1 heterocycles. The second-order valence-electron chi connectivity index (χ2n) is 2.77. The molecule has 0 spiro atoms. The molecule has 15 heavy (non-hydrogen) atoms. The van der Waals surface area contributed by atoms with Crippen LogP contribution in [0.15, 0.2) is 46.3 Å². The van der Waals surface area contributed by atoms with Gasteiger partial charge in [0.05, 0.1) is 16.2 Å². The van der Waals surface area contributed by atoms with Gasteiger partial charge in [0, 0.05) is 4.90 Å². The van der Waals surface area contributed by atoms with Crippen molar-refractivity contribution < 1.29 is 0 Å². The minimum absolute atomic E-state index is 0.688. The van der Waals surface area contributed by atoms with Crippen molar-refractivity contribution in [3.63, 3.8) is 0 Å². The van der Waals surface area contributed by atoms with Gasteiger partial charge >= 0.3 is 0 Å². The van der Waals surface area contributed by atoms with Gasteiger partial charge in [0.15, 0.2) is 6.19 Å².